The number of ketones is 4. The Hall–Kier alpha value is -8.89. The zero-order valence-corrected chi connectivity index (χ0v) is 47.6. The molecule has 2 aliphatic carbocycles. The summed E-state index contributed by atoms with van der Waals surface area (Å²) in [6, 6.07) is 54.3. The van der Waals surface area contributed by atoms with Crippen LogP contribution in [0, 0.1) is 50.6 Å². The maximum absolute atomic E-state index is 14.8. The second kappa shape index (κ2) is 20.2. The van der Waals surface area contributed by atoms with Crippen molar-refractivity contribution in [1.29, 1.82) is 0 Å². The summed E-state index contributed by atoms with van der Waals surface area (Å²) in [5, 5.41) is 8.47. The molecule has 0 amide bonds. The van der Waals surface area contributed by atoms with Crippen LogP contribution >= 0.6 is 22.6 Å². The lowest BCUT2D eigenvalue weighted by atomic mass is 9.79. The normalized spacial score (nSPS) is 12.5. The molecule has 0 aliphatic heterocycles. The van der Waals surface area contributed by atoms with E-state index in [1.165, 1.54) is 0 Å². The Labute approximate surface area is 474 Å². The quantitative estimate of drug-likeness (QED) is 0.0765. The molecule has 0 saturated carbocycles. The van der Waals surface area contributed by atoms with E-state index in [-0.39, 0.29) is 56.5 Å². The minimum Gasteiger partial charge on any atom is -0.289 e. The predicted molar refractivity (Wildman–Crippen MR) is 331 cm³/mol. The monoisotopic (exact) mass is 1140 g/mol. The lowest BCUT2D eigenvalue weighted by molar-refractivity contribution is 0.0978. The number of benzene rings is 10. The molecular formula is C73H49IO4Si. The molecule has 4 nitrogen and oxygen atoms in total. The minimum absolute atomic E-state index is 0.174. The summed E-state index contributed by atoms with van der Waals surface area (Å²) in [6.07, 6.45) is 0. The van der Waals surface area contributed by atoms with Gasteiger partial charge in [0, 0.05) is 87.0 Å². The van der Waals surface area contributed by atoms with Crippen molar-refractivity contribution in [2.24, 2.45) is 0 Å². The van der Waals surface area contributed by atoms with Crippen LogP contribution in [0.3, 0.4) is 0 Å². The molecule has 6 heteroatoms. The van der Waals surface area contributed by atoms with Crippen LogP contribution in [0.5, 0.6) is 0 Å². The third-order valence-electron chi connectivity index (χ3n) is 16.1. The average molecular weight is 1150 g/mol. The fourth-order valence-corrected chi connectivity index (χ4v) is 18.3. The number of halogens is 1. The Morgan fingerprint density at radius 2 is 0.595 bits per heavy atom. The molecule has 0 radical (unpaired) electrons. The minimum atomic E-state index is -1.95. The molecule has 376 valence electrons. The van der Waals surface area contributed by atoms with E-state index in [9.17, 15) is 19.2 Å². The lowest BCUT2D eigenvalue weighted by Gasteiger charge is -2.38. The third kappa shape index (κ3) is 8.61. The van der Waals surface area contributed by atoms with Crippen LogP contribution in [0.2, 0.25) is 16.6 Å². The summed E-state index contributed by atoms with van der Waals surface area (Å²) in [5.74, 6) is 22.6. The topological polar surface area (TPSA) is 68.3 Å². The van der Waals surface area contributed by atoms with Crippen LogP contribution in [-0.2, 0) is 0 Å². The van der Waals surface area contributed by atoms with Gasteiger partial charge in [-0.1, -0.05) is 180 Å². The Balaban J connectivity index is 0.898. The number of rotatable bonds is 3. The molecule has 0 unspecified atom stereocenters. The van der Waals surface area contributed by atoms with E-state index in [0.717, 1.165) is 65.3 Å². The first kappa shape index (κ1) is 50.9. The number of hydrogen-bond donors (Lipinski definition) is 0. The summed E-state index contributed by atoms with van der Waals surface area (Å²) in [5.41, 5.74) is 12.4. The number of hydrogen-bond acceptors (Lipinski definition) is 4. The lowest BCUT2D eigenvalue weighted by Crippen LogP contribution is -2.43. The number of carbonyl (C=O) groups is 4. The maximum Gasteiger partial charge on any atom is 0.197 e. The van der Waals surface area contributed by atoms with E-state index < -0.39 is 8.07 Å². The van der Waals surface area contributed by atoms with Crippen molar-refractivity contribution in [3.63, 3.8) is 0 Å². The van der Waals surface area contributed by atoms with Crippen LogP contribution in [-0.4, -0.2) is 31.2 Å². The zero-order chi connectivity index (χ0) is 54.9. The summed E-state index contributed by atoms with van der Waals surface area (Å²) < 4.78 is 0.676. The van der Waals surface area contributed by atoms with E-state index in [1.807, 2.05) is 18.2 Å². The molecule has 0 spiro atoms. The highest BCUT2D eigenvalue weighted by molar-refractivity contribution is 14.1. The van der Waals surface area contributed by atoms with Gasteiger partial charge in [-0.2, -0.15) is 0 Å². The summed E-state index contributed by atoms with van der Waals surface area (Å²) in [7, 11) is -1.95. The molecule has 0 heterocycles. The first-order valence-electron chi connectivity index (χ1n) is 26.6. The molecule has 0 fully saturated rings. The Morgan fingerprint density at radius 3 is 0.949 bits per heavy atom. The van der Waals surface area contributed by atoms with Gasteiger partial charge in [0.15, 0.2) is 23.1 Å². The van der Waals surface area contributed by atoms with Crippen LogP contribution in [0.4, 0.5) is 0 Å². The maximum atomic E-state index is 14.8. The summed E-state index contributed by atoms with van der Waals surface area (Å²) >= 11 is 2.08. The fraction of sp³-hybridized carbons (Fsp3) is 0.123. The molecule has 10 aromatic rings. The van der Waals surface area contributed by atoms with Gasteiger partial charge in [0.2, 0.25) is 0 Å². The van der Waals surface area contributed by atoms with Crippen molar-refractivity contribution in [1.82, 2.24) is 0 Å². The number of fused-ring (bicyclic) bond motifs is 8. The second-order valence-electron chi connectivity index (χ2n) is 21.4. The smallest absolute Gasteiger partial charge is 0.197 e. The van der Waals surface area contributed by atoms with Gasteiger partial charge in [-0.15, -0.1) is 5.54 Å². The van der Waals surface area contributed by atoms with Gasteiger partial charge in [0.05, 0.1) is 0 Å². The summed E-state index contributed by atoms with van der Waals surface area (Å²) in [6.45, 7) is 14.1. The second-order valence-corrected chi connectivity index (χ2v) is 28.1. The highest BCUT2D eigenvalue weighted by Crippen LogP contribution is 2.41. The Morgan fingerprint density at radius 1 is 0.316 bits per heavy atom. The van der Waals surface area contributed by atoms with E-state index in [2.05, 4.69) is 190 Å². The zero-order valence-electron chi connectivity index (χ0n) is 44.4. The van der Waals surface area contributed by atoms with E-state index in [0.29, 0.717) is 48.0 Å². The van der Waals surface area contributed by atoms with Crippen molar-refractivity contribution in [3.8, 4) is 47.0 Å². The van der Waals surface area contributed by atoms with Crippen molar-refractivity contribution < 1.29 is 19.2 Å². The molecule has 12 rings (SSSR count). The molecule has 10 aromatic carbocycles. The van der Waals surface area contributed by atoms with Gasteiger partial charge in [0.25, 0.3) is 0 Å². The first-order chi connectivity index (χ1) is 38.2. The fourth-order valence-electron chi connectivity index (χ4n) is 12.3. The van der Waals surface area contributed by atoms with E-state index in [1.54, 1.807) is 72.8 Å². The largest absolute Gasteiger partial charge is 0.289 e. The van der Waals surface area contributed by atoms with Crippen LogP contribution < -0.4 is 0 Å². The predicted octanol–water partition coefficient (Wildman–Crippen LogP) is 16.2. The SMILES string of the molecule is CC(C)[Si](C#Cc1cccc2cc3cccc(C#Cc4cccc5cc6cccc(C#Cc7cccc8c7C(=O)c7c(C#Cc9cccc%10c9C(=O)c9c(I)cccc9C%10=O)cccc7C8=O)c6cc45)c3cc12)(C(C)C)C(C)C. The highest BCUT2D eigenvalue weighted by atomic mass is 127. The van der Waals surface area contributed by atoms with Gasteiger partial charge in [0.1, 0.15) is 8.07 Å². The molecule has 0 saturated heterocycles. The van der Waals surface area contributed by atoms with Gasteiger partial charge in [-0.25, -0.2) is 0 Å². The van der Waals surface area contributed by atoms with Crippen LogP contribution in [0.1, 0.15) is 144 Å². The van der Waals surface area contributed by atoms with Crippen molar-refractivity contribution >= 4 is 96.9 Å². The van der Waals surface area contributed by atoms with E-state index >= 15 is 0 Å². The Kier molecular flexibility index (Phi) is 13.0. The first-order valence-corrected chi connectivity index (χ1v) is 29.9. The van der Waals surface area contributed by atoms with Crippen molar-refractivity contribution in [3.05, 3.63) is 257 Å². The van der Waals surface area contributed by atoms with Crippen molar-refractivity contribution in [2.75, 3.05) is 0 Å². The average Bonchev–Trinajstić information content (AvgIpc) is 3.48. The van der Waals surface area contributed by atoms with Crippen molar-refractivity contribution in [2.45, 2.75) is 58.2 Å². The molecule has 0 atom stereocenters. The van der Waals surface area contributed by atoms with Gasteiger partial charge in [-0.05, 0) is 155 Å². The molecule has 0 bridgehead atoms. The molecule has 2 aliphatic rings. The van der Waals surface area contributed by atoms with Gasteiger partial charge in [-0.3, -0.25) is 19.2 Å². The standard InChI is InChI=1S/C73H49IO4Si/c1-43(2)79(44(3)4,45(5)6)38-37-49-18-10-25-56-40-55-23-8-16-47(63(55)42-64(49)56)32-31-46-15-7-22-53-39-54-24-9-17-48(62(54)41-61(46)53)33-34-50-19-11-26-57-66(50)72(77)67-51(20-12-27-58(67)70(57)75)35-36-52-21-13-28-59-68(52)73(78)69-60(71(59)76)29-14-30-65(69)74/h7-30,39-45H,1-6H3. The summed E-state index contributed by atoms with van der Waals surface area (Å²) in [4.78, 5) is 56.8. The molecule has 0 N–H and O–H groups in total. The molecular weight excluding hydrogens is 1100 g/mol. The van der Waals surface area contributed by atoms with Gasteiger partial charge < -0.3 is 0 Å². The molecule has 0 aromatic heterocycles. The van der Waals surface area contributed by atoms with Gasteiger partial charge >= 0.3 is 0 Å². The van der Waals surface area contributed by atoms with Crippen LogP contribution in [0.15, 0.2) is 170 Å². The van der Waals surface area contributed by atoms with E-state index in [4.69, 9.17) is 0 Å². The van der Waals surface area contributed by atoms with Crippen LogP contribution in [0.25, 0.3) is 43.1 Å². The highest BCUT2D eigenvalue weighted by Gasteiger charge is 2.42. The molecule has 79 heavy (non-hydrogen) atoms. The number of carbonyl (C=O) groups excluding carboxylic acids is 4. The Bertz CT molecular complexity index is 4640. The third-order valence-corrected chi connectivity index (χ3v) is 23.3.